The number of rotatable bonds is 4. The standard InChI is InChI=1S/C23H30N4O2S/c1-23(2,25-3)17-10-12-18(13-11-17)30(24,29)27-22(28)26-21-19-8-4-6-15(19)14-16-7-5-9-20(16)21/h10-14,25H,4-9H2,1-3H3,(H3,24,26,27,28,29)/t30-/m0/s1. The number of nitrogens with one attached hydrogen (secondary N) is 2. The van der Waals surface area contributed by atoms with Crippen LogP contribution in [0, 0.1) is 0 Å². The second-order valence-corrected chi connectivity index (χ2v) is 10.5. The van der Waals surface area contributed by atoms with Crippen LogP contribution < -0.4 is 15.8 Å². The highest BCUT2D eigenvalue weighted by Gasteiger charge is 2.25. The normalized spacial score (nSPS) is 17.2. The van der Waals surface area contributed by atoms with Crippen LogP contribution in [0.15, 0.2) is 39.6 Å². The largest absolute Gasteiger partial charge is 0.354 e. The van der Waals surface area contributed by atoms with Gasteiger partial charge in [0.2, 0.25) is 0 Å². The number of hydrogen-bond acceptors (Lipinski definition) is 3. The van der Waals surface area contributed by atoms with Gasteiger partial charge in [-0.25, -0.2) is 14.1 Å². The zero-order chi connectivity index (χ0) is 21.5. The molecule has 0 heterocycles. The summed E-state index contributed by atoms with van der Waals surface area (Å²) in [6.45, 7) is 4.10. The first-order valence-electron chi connectivity index (χ1n) is 10.5. The Morgan fingerprint density at radius 2 is 1.60 bits per heavy atom. The fourth-order valence-electron chi connectivity index (χ4n) is 4.48. The van der Waals surface area contributed by atoms with E-state index in [1.807, 2.05) is 19.2 Å². The Kier molecular flexibility index (Phi) is 5.46. The van der Waals surface area contributed by atoms with Crippen LogP contribution in [0.2, 0.25) is 0 Å². The first-order valence-corrected chi connectivity index (χ1v) is 12.1. The number of amides is 2. The van der Waals surface area contributed by atoms with E-state index in [2.05, 4.69) is 34.9 Å². The molecule has 0 saturated heterocycles. The Hall–Kier alpha value is -2.22. The van der Waals surface area contributed by atoms with Gasteiger partial charge in [0.25, 0.3) is 0 Å². The van der Waals surface area contributed by atoms with Gasteiger partial charge in [-0.2, -0.15) is 0 Å². The molecule has 2 aliphatic rings. The number of carbonyl (C=O) groups is 1. The second-order valence-electron chi connectivity index (χ2n) is 8.72. The summed E-state index contributed by atoms with van der Waals surface area (Å²) in [5.41, 5.74) is 6.75. The molecular weight excluding hydrogens is 396 g/mol. The maximum Gasteiger partial charge on any atom is 0.354 e. The molecule has 0 bridgehead atoms. The van der Waals surface area contributed by atoms with Crippen molar-refractivity contribution in [1.29, 1.82) is 0 Å². The van der Waals surface area contributed by atoms with Crippen molar-refractivity contribution in [3.8, 4) is 0 Å². The molecule has 0 unspecified atom stereocenters. The topological polar surface area (TPSA) is 96.6 Å². The summed E-state index contributed by atoms with van der Waals surface area (Å²) in [6.07, 6.45) is 6.21. The van der Waals surface area contributed by atoms with Gasteiger partial charge in [-0.15, -0.1) is 4.36 Å². The van der Waals surface area contributed by atoms with Crippen LogP contribution in [0.1, 0.15) is 54.5 Å². The van der Waals surface area contributed by atoms with Gasteiger partial charge in [-0.1, -0.05) is 18.2 Å². The van der Waals surface area contributed by atoms with E-state index in [1.165, 1.54) is 22.3 Å². The van der Waals surface area contributed by atoms with Crippen LogP contribution >= 0.6 is 0 Å². The molecule has 0 aromatic heterocycles. The van der Waals surface area contributed by atoms with Crippen molar-refractivity contribution < 1.29 is 9.00 Å². The number of fused-ring (bicyclic) bond motifs is 2. The number of aryl methyl sites for hydroxylation is 2. The summed E-state index contributed by atoms with van der Waals surface area (Å²) in [5.74, 6) is 0. The lowest BCUT2D eigenvalue weighted by molar-refractivity contribution is 0.260. The smallest absolute Gasteiger partial charge is 0.311 e. The van der Waals surface area contributed by atoms with Crippen LogP contribution in [-0.2, 0) is 41.1 Å². The Labute approximate surface area is 179 Å². The van der Waals surface area contributed by atoms with E-state index >= 15 is 0 Å². The summed E-state index contributed by atoms with van der Waals surface area (Å²) in [6, 6.07) is 8.76. The average Bonchev–Trinajstić information content (AvgIpc) is 3.36. The molecule has 0 aliphatic heterocycles. The molecule has 4 N–H and O–H groups in total. The van der Waals surface area contributed by atoms with E-state index < -0.39 is 15.9 Å². The number of nitrogens with zero attached hydrogens (tertiary/aromatic N) is 1. The molecule has 0 saturated carbocycles. The summed E-state index contributed by atoms with van der Waals surface area (Å²) in [4.78, 5) is 13.1. The van der Waals surface area contributed by atoms with Gasteiger partial charge in [0.15, 0.2) is 0 Å². The fourth-order valence-corrected chi connectivity index (χ4v) is 5.41. The molecular formula is C23H30N4O2S. The summed E-state index contributed by atoms with van der Waals surface area (Å²) in [5, 5.41) is 12.2. The highest BCUT2D eigenvalue weighted by molar-refractivity contribution is 7.91. The van der Waals surface area contributed by atoms with E-state index in [1.54, 1.807) is 12.1 Å². The lowest BCUT2D eigenvalue weighted by Crippen LogP contribution is -2.33. The van der Waals surface area contributed by atoms with Gasteiger partial charge in [0, 0.05) is 11.2 Å². The molecule has 0 radical (unpaired) electrons. The number of anilines is 1. The number of nitrogens with two attached hydrogens (primary N) is 1. The minimum absolute atomic E-state index is 0.226. The number of benzene rings is 2. The van der Waals surface area contributed by atoms with Gasteiger partial charge < -0.3 is 10.6 Å². The van der Waals surface area contributed by atoms with Crippen LogP contribution in [0.5, 0.6) is 0 Å². The molecule has 1 atom stereocenters. The van der Waals surface area contributed by atoms with Crippen molar-refractivity contribution in [2.75, 3.05) is 12.4 Å². The molecule has 2 aromatic carbocycles. The third kappa shape index (κ3) is 3.89. The molecule has 7 heteroatoms. The van der Waals surface area contributed by atoms with Crippen molar-refractivity contribution in [3.63, 3.8) is 0 Å². The fraction of sp³-hybridized carbons (Fsp3) is 0.435. The minimum Gasteiger partial charge on any atom is -0.311 e. The maximum absolute atomic E-state index is 13.0. The molecule has 0 spiro atoms. The monoisotopic (exact) mass is 426 g/mol. The lowest BCUT2D eigenvalue weighted by atomic mass is 9.95. The number of carbonyl (C=O) groups excluding carboxylic acids is 1. The Balaban J connectivity index is 1.62. The van der Waals surface area contributed by atoms with Crippen LogP contribution in [0.3, 0.4) is 0 Å². The number of urea groups is 1. The summed E-state index contributed by atoms with van der Waals surface area (Å²) in [7, 11) is -1.45. The SMILES string of the molecule is CNC(C)(C)c1ccc([S@@](N)(=O)=NC(=O)Nc2c3c(cc4c2CCC4)CCC3)cc1. The summed E-state index contributed by atoms with van der Waals surface area (Å²) < 4.78 is 16.9. The zero-order valence-electron chi connectivity index (χ0n) is 17.9. The maximum atomic E-state index is 13.0. The van der Waals surface area contributed by atoms with E-state index in [-0.39, 0.29) is 5.54 Å². The third-order valence-electron chi connectivity index (χ3n) is 6.46. The predicted octanol–water partition coefficient (Wildman–Crippen LogP) is 4.05. The Morgan fingerprint density at radius 3 is 2.13 bits per heavy atom. The Morgan fingerprint density at radius 1 is 1.03 bits per heavy atom. The molecule has 4 rings (SSSR count). The van der Waals surface area contributed by atoms with Gasteiger partial charge >= 0.3 is 6.03 Å². The van der Waals surface area contributed by atoms with E-state index in [0.717, 1.165) is 49.8 Å². The average molecular weight is 427 g/mol. The molecule has 30 heavy (non-hydrogen) atoms. The number of hydrogen-bond donors (Lipinski definition) is 3. The lowest BCUT2D eigenvalue weighted by Gasteiger charge is -2.24. The van der Waals surface area contributed by atoms with Crippen molar-refractivity contribution in [2.45, 2.75) is 62.8 Å². The molecule has 2 aliphatic carbocycles. The molecule has 2 amide bonds. The van der Waals surface area contributed by atoms with Gasteiger partial charge in [-0.05, 0) is 99.4 Å². The molecule has 0 fully saturated rings. The van der Waals surface area contributed by atoms with Crippen LogP contribution in [-0.4, -0.2) is 17.3 Å². The van der Waals surface area contributed by atoms with Crippen molar-refractivity contribution >= 4 is 21.6 Å². The quantitative estimate of drug-likeness (QED) is 0.688. The zero-order valence-corrected chi connectivity index (χ0v) is 18.7. The highest BCUT2D eigenvalue weighted by Crippen LogP contribution is 2.38. The summed E-state index contributed by atoms with van der Waals surface area (Å²) >= 11 is 0. The van der Waals surface area contributed by atoms with Crippen molar-refractivity contribution in [1.82, 2.24) is 5.32 Å². The third-order valence-corrected chi connectivity index (χ3v) is 7.85. The molecule has 160 valence electrons. The van der Waals surface area contributed by atoms with Crippen LogP contribution in [0.4, 0.5) is 10.5 Å². The van der Waals surface area contributed by atoms with E-state index in [9.17, 15) is 9.00 Å². The van der Waals surface area contributed by atoms with Crippen LogP contribution in [0.25, 0.3) is 0 Å². The van der Waals surface area contributed by atoms with Gasteiger partial charge in [0.05, 0.1) is 4.90 Å². The predicted molar refractivity (Wildman–Crippen MR) is 121 cm³/mol. The van der Waals surface area contributed by atoms with Gasteiger partial charge in [0.1, 0.15) is 9.92 Å². The molecule has 6 nitrogen and oxygen atoms in total. The second kappa shape index (κ2) is 7.80. The first kappa shape index (κ1) is 21.0. The minimum atomic E-state index is -3.33. The van der Waals surface area contributed by atoms with E-state index in [4.69, 9.17) is 5.14 Å². The van der Waals surface area contributed by atoms with E-state index in [0.29, 0.717) is 4.90 Å². The van der Waals surface area contributed by atoms with Crippen molar-refractivity contribution in [3.05, 3.63) is 58.1 Å². The molecule has 2 aromatic rings. The Bertz CT molecular complexity index is 1080. The van der Waals surface area contributed by atoms with Gasteiger partial charge in [-0.3, -0.25) is 0 Å². The first-order chi connectivity index (χ1) is 14.2. The highest BCUT2D eigenvalue weighted by atomic mass is 32.2. The van der Waals surface area contributed by atoms with Crippen molar-refractivity contribution in [2.24, 2.45) is 9.50 Å².